The van der Waals surface area contributed by atoms with E-state index in [1.54, 1.807) is 18.2 Å². The first-order chi connectivity index (χ1) is 8.18. The smallest absolute Gasteiger partial charge is 0.387 e. The Morgan fingerprint density at radius 1 is 1.35 bits per heavy atom. The zero-order chi connectivity index (χ0) is 12.3. The van der Waals surface area contributed by atoms with E-state index in [1.165, 1.54) is 6.07 Å². The van der Waals surface area contributed by atoms with Crippen LogP contribution in [0.2, 0.25) is 0 Å². The number of hydrogen-bond donors (Lipinski definition) is 1. The van der Waals surface area contributed by atoms with Crippen molar-refractivity contribution in [3.05, 3.63) is 29.8 Å². The number of nitrogens with two attached hydrogens (primary N) is 1. The van der Waals surface area contributed by atoms with Crippen LogP contribution in [0, 0.1) is 5.92 Å². The minimum Gasteiger partial charge on any atom is -0.434 e. The maximum Gasteiger partial charge on any atom is 0.387 e. The quantitative estimate of drug-likeness (QED) is 0.882. The molecule has 2 unspecified atom stereocenters. The first-order valence-corrected chi connectivity index (χ1v) is 5.55. The molecule has 17 heavy (non-hydrogen) atoms. The Kier molecular flexibility index (Phi) is 3.91. The second-order valence-corrected chi connectivity index (χ2v) is 4.07. The van der Waals surface area contributed by atoms with E-state index in [9.17, 15) is 8.78 Å². The molecule has 2 atom stereocenters. The molecule has 1 aliphatic heterocycles. The van der Waals surface area contributed by atoms with Gasteiger partial charge in [0.15, 0.2) is 0 Å². The van der Waals surface area contributed by atoms with Gasteiger partial charge in [-0.1, -0.05) is 18.2 Å². The summed E-state index contributed by atoms with van der Waals surface area (Å²) in [6.07, 6.45) is 0.851. The SMILES string of the molecule is NC(c1ccccc1OC(F)F)C1CCOC1. The average Bonchev–Trinajstić information content (AvgIpc) is 2.81. The van der Waals surface area contributed by atoms with Gasteiger partial charge in [-0.15, -0.1) is 0 Å². The van der Waals surface area contributed by atoms with Crippen molar-refractivity contribution in [2.45, 2.75) is 19.1 Å². The predicted octanol–water partition coefficient (Wildman–Crippen LogP) is 2.32. The molecule has 2 rings (SSSR count). The fourth-order valence-corrected chi connectivity index (χ4v) is 2.05. The highest BCUT2D eigenvalue weighted by Crippen LogP contribution is 2.32. The molecular weight excluding hydrogens is 228 g/mol. The van der Waals surface area contributed by atoms with Crippen molar-refractivity contribution >= 4 is 0 Å². The van der Waals surface area contributed by atoms with E-state index in [0.29, 0.717) is 18.8 Å². The van der Waals surface area contributed by atoms with Crippen molar-refractivity contribution in [1.82, 2.24) is 0 Å². The molecule has 3 nitrogen and oxygen atoms in total. The van der Waals surface area contributed by atoms with E-state index in [-0.39, 0.29) is 17.7 Å². The molecule has 94 valence electrons. The van der Waals surface area contributed by atoms with E-state index in [2.05, 4.69) is 4.74 Å². The molecule has 1 heterocycles. The second kappa shape index (κ2) is 5.42. The molecule has 0 saturated carbocycles. The number of para-hydroxylation sites is 1. The first-order valence-electron chi connectivity index (χ1n) is 5.55. The van der Waals surface area contributed by atoms with Crippen molar-refractivity contribution < 1.29 is 18.3 Å². The predicted molar refractivity (Wildman–Crippen MR) is 58.9 cm³/mol. The van der Waals surface area contributed by atoms with Crippen LogP contribution in [0.3, 0.4) is 0 Å². The molecule has 1 saturated heterocycles. The van der Waals surface area contributed by atoms with Crippen LogP contribution in [0.1, 0.15) is 18.0 Å². The molecule has 5 heteroatoms. The summed E-state index contributed by atoms with van der Waals surface area (Å²) in [7, 11) is 0. The van der Waals surface area contributed by atoms with E-state index < -0.39 is 6.61 Å². The lowest BCUT2D eigenvalue weighted by atomic mass is 9.92. The second-order valence-electron chi connectivity index (χ2n) is 4.07. The van der Waals surface area contributed by atoms with Gasteiger partial charge in [-0.2, -0.15) is 8.78 Å². The number of rotatable bonds is 4. The van der Waals surface area contributed by atoms with Crippen LogP contribution in [0.25, 0.3) is 0 Å². The summed E-state index contributed by atoms with van der Waals surface area (Å²) in [4.78, 5) is 0. The van der Waals surface area contributed by atoms with Gasteiger partial charge in [-0.05, 0) is 12.5 Å². The third-order valence-electron chi connectivity index (χ3n) is 2.97. The average molecular weight is 243 g/mol. The van der Waals surface area contributed by atoms with Crippen molar-refractivity contribution in [2.24, 2.45) is 11.7 Å². The molecule has 0 amide bonds. The molecule has 1 fully saturated rings. The van der Waals surface area contributed by atoms with Crippen LogP contribution in [0.15, 0.2) is 24.3 Å². The van der Waals surface area contributed by atoms with Gasteiger partial charge >= 0.3 is 6.61 Å². The molecular formula is C12H15F2NO2. The van der Waals surface area contributed by atoms with Gasteiger partial charge < -0.3 is 15.2 Å². The highest BCUT2D eigenvalue weighted by atomic mass is 19.3. The van der Waals surface area contributed by atoms with Crippen LogP contribution in [0.4, 0.5) is 8.78 Å². The molecule has 1 aliphatic rings. The van der Waals surface area contributed by atoms with Crippen LogP contribution in [0.5, 0.6) is 5.75 Å². The lowest BCUT2D eigenvalue weighted by molar-refractivity contribution is -0.0507. The zero-order valence-electron chi connectivity index (χ0n) is 9.31. The number of ether oxygens (including phenoxy) is 2. The minimum atomic E-state index is -2.83. The minimum absolute atomic E-state index is 0.155. The molecule has 1 aromatic rings. The Balaban J connectivity index is 2.18. The molecule has 0 aliphatic carbocycles. The maximum atomic E-state index is 12.3. The molecule has 1 aromatic carbocycles. The van der Waals surface area contributed by atoms with Gasteiger partial charge in [0.2, 0.25) is 0 Å². The van der Waals surface area contributed by atoms with Gasteiger partial charge in [0.05, 0.1) is 6.61 Å². The zero-order valence-corrected chi connectivity index (χ0v) is 9.31. The Morgan fingerprint density at radius 2 is 2.12 bits per heavy atom. The van der Waals surface area contributed by atoms with Gasteiger partial charge in [-0.25, -0.2) is 0 Å². The monoisotopic (exact) mass is 243 g/mol. The number of halogens is 2. The lowest BCUT2D eigenvalue weighted by Crippen LogP contribution is -2.22. The van der Waals surface area contributed by atoms with Crippen molar-refractivity contribution in [2.75, 3.05) is 13.2 Å². The van der Waals surface area contributed by atoms with Crippen LogP contribution >= 0.6 is 0 Å². The molecule has 0 aromatic heterocycles. The molecule has 0 bridgehead atoms. The summed E-state index contributed by atoms with van der Waals surface area (Å²) < 4.78 is 34.2. The highest BCUT2D eigenvalue weighted by Gasteiger charge is 2.26. The largest absolute Gasteiger partial charge is 0.434 e. The maximum absolute atomic E-state index is 12.3. The van der Waals surface area contributed by atoms with E-state index in [4.69, 9.17) is 10.5 Å². The van der Waals surface area contributed by atoms with Crippen LogP contribution in [-0.2, 0) is 4.74 Å². The standard InChI is InChI=1S/C12H15F2NO2/c13-12(14)17-10-4-2-1-3-9(10)11(15)8-5-6-16-7-8/h1-4,8,11-12H,5-7,15H2. The van der Waals surface area contributed by atoms with E-state index in [1.807, 2.05) is 0 Å². The summed E-state index contributed by atoms with van der Waals surface area (Å²) >= 11 is 0. The van der Waals surface area contributed by atoms with Crippen molar-refractivity contribution in [3.8, 4) is 5.75 Å². The third kappa shape index (κ3) is 2.92. The number of hydrogen-bond acceptors (Lipinski definition) is 3. The summed E-state index contributed by atoms with van der Waals surface area (Å²) in [6, 6.07) is 6.33. The van der Waals surface area contributed by atoms with Crippen molar-refractivity contribution in [1.29, 1.82) is 0 Å². The summed E-state index contributed by atoms with van der Waals surface area (Å²) in [5.41, 5.74) is 6.69. The van der Waals surface area contributed by atoms with Gasteiger partial charge in [0, 0.05) is 24.1 Å². The molecule has 0 spiro atoms. The summed E-state index contributed by atoms with van der Waals surface area (Å²) in [5, 5.41) is 0. The highest BCUT2D eigenvalue weighted by molar-refractivity contribution is 5.36. The Morgan fingerprint density at radius 3 is 2.76 bits per heavy atom. The summed E-state index contributed by atoms with van der Waals surface area (Å²) in [5.74, 6) is 0.319. The van der Waals surface area contributed by atoms with Gasteiger partial charge in [-0.3, -0.25) is 0 Å². The Labute approximate surface area is 98.5 Å². The van der Waals surface area contributed by atoms with Crippen molar-refractivity contribution in [3.63, 3.8) is 0 Å². The van der Waals surface area contributed by atoms with Crippen LogP contribution in [-0.4, -0.2) is 19.8 Å². The van der Waals surface area contributed by atoms with Crippen LogP contribution < -0.4 is 10.5 Å². The normalized spacial score (nSPS) is 21.8. The van der Waals surface area contributed by atoms with Gasteiger partial charge in [0.25, 0.3) is 0 Å². The molecule has 0 radical (unpaired) electrons. The lowest BCUT2D eigenvalue weighted by Gasteiger charge is -2.20. The van der Waals surface area contributed by atoms with Gasteiger partial charge in [0.1, 0.15) is 5.75 Å². The van der Waals surface area contributed by atoms with E-state index in [0.717, 1.165) is 6.42 Å². The molecule has 2 N–H and O–H groups in total. The fourth-order valence-electron chi connectivity index (χ4n) is 2.05. The number of alkyl halides is 2. The third-order valence-corrected chi connectivity index (χ3v) is 2.97. The topological polar surface area (TPSA) is 44.5 Å². The Hall–Kier alpha value is -1.20. The first kappa shape index (κ1) is 12.3. The Bertz CT molecular complexity index is 367. The fraction of sp³-hybridized carbons (Fsp3) is 0.500. The number of benzene rings is 1. The summed E-state index contributed by atoms with van der Waals surface area (Å²) in [6.45, 7) is -1.58. The van der Waals surface area contributed by atoms with E-state index >= 15 is 0 Å².